The average molecular weight is 258 g/mol. The molecule has 2 aromatic rings. The molecule has 2 N–H and O–H groups in total. The fourth-order valence-corrected chi connectivity index (χ4v) is 1.76. The van der Waals surface area contributed by atoms with Crippen molar-refractivity contribution in [3.8, 4) is 5.69 Å². The molecule has 0 amide bonds. The summed E-state index contributed by atoms with van der Waals surface area (Å²) in [6.45, 7) is 4.72. The minimum atomic E-state index is -0.0919. The predicted octanol–water partition coefficient (Wildman–Crippen LogP) is 1.81. The highest BCUT2D eigenvalue weighted by atomic mass is 16.1. The number of aryl methyl sites for hydroxylation is 1. The summed E-state index contributed by atoms with van der Waals surface area (Å²) in [4.78, 5) is 12.3. The first-order valence-corrected chi connectivity index (χ1v) is 6.37. The summed E-state index contributed by atoms with van der Waals surface area (Å²) in [7, 11) is 0. The number of hydrogen-bond donors (Lipinski definition) is 2. The fourth-order valence-electron chi connectivity index (χ4n) is 1.76. The second kappa shape index (κ2) is 6.04. The fraction of sp³-hybridized carbons (Fsp3) is 0.286. The number of hydrogen-bond acceptors (Lipinski definition) is 3. The maximum Gasteiger partial charge on any atom is 0.280 e. The van der Waals surface area contributed by atoms with Gasteiger partial charge in [0.2, 0.25) is 0 Å². The molecule has 0 aliphatic heterocycles. The smallest absolute Gasteiger partial charge is 0.280 e. The van der Waals surface area contributed by atoms with E-state index in [0.717, 1.165) is 24.3 Å². The molecular formula is C14H18N4O. The Morgan fingerprint density at radius 1 is 1.37 bits per heavy atom. The molecule has 0 radical (unpaired) electrons. The molecule has 1 aromatic carbocycles. The van der Waals surface area contributed by atoms with Crippen LogP contribution in [0, 0.1) is 6.92 Å². The Balaban J connectivity index is 2.30. The molecule has 5 heteroatoms. The van der Waals surface area contributed by atoms with Gasteiger partial charge in [0.05, 0.1) is 17.5 Å². The number of nitrogens with zero attached hydrogens (tertiary/aromatic N) is 2. The standard InChI is InChI=1S/C14H18N4O/c1-3-9-15-16-10-13-11(2)17-18(14(13)19)12-7-5-4-6-8-12/h4-8,10,15,17H,3,9H2,1-2H3/b16-10+. The van der Waals surface area contributed by atoms with Crippen LogP contribution in [0.1, 0.15) is 24.6 Å². The molecular weight excluding hydrogens is 240 g/mol. The molecule has 1 heterocycles. The van der Waals surface area contributed by atoms with Crippen LogP contribution in [0.5, 0.6) is 0 Å². The van der Waals surface area contributed by atoms with Gasteiger partial charge in [0.15, 0.2) is 0 Å². The molecule has 0 aliphatic rings. The van der Waals surface area contributed by atoms with Gasteiger partial charge in [-0.25, -0.2) is 4.68 Å². The highest BCUT2D eigenvalue weighted by Crippen LogP contribution is 2.05. The zero-order valence-corrected chi connectivity index (χ0v) is 11.2. The van der Waals surface area contributed by atoms with Gasteiger partial charge < -0.3 is 5.43 Å². The molecule has 0 atom stereocenters. The van der Waals surface area contributed by atoms with Crippen LogP contribution in [0.2, 0.25) is 0 Å². The minimum absolute atomic E-state index is 0.0919. The van der Waals surface area contributed by atoms with E-state index in [4.69, 9.17) is 0 Å². The van der Waals surface area contributed by atoms with E-state index in [1.807, 2.05) is 37.3 Å². The third-order valence-corrected chi connectivity index (χ3v) is 2.78. The highest BCUT2D eigenvalue weighted by molar-refractivity contribution is 5.80. The van der Waals surface area contributed by atoms with Crippen molar-refractivity contribution in [3.63, 3.8) is 0 Å². The SMILES string of the molecule is CCCN/N=C/c1c(C)[nH]n(-c2ccccc2)c1=O. The summed E-state index contributed by atoms with van der Waals surface area (Å²) >= 11 is 0. The molecule has 0 spiro atoms. The Morgan fingerprint density at radius 3 is 2.79 bits per heavy atom. The van der Waals surface area contributed by atoms with Gasteiger partial charge in [-0.05, 0) is 25.5 Å². The molecule has 0 bridgehead atoms. The second-order valence-electron chi connectivity index (χ2n) is 4.29. The number of aromatic nitrogens is 2. The number of aromatic amines is 1. The van der Waals surface area contributed by atoms with Crippen LogP contribution in [-0.2, 0) is 0 Å². The van der Waals surface area contributed by atoms with E-state index in [1.54, 1.807) is 6.21 Å². The maximum absolute atomic E-state index is 12.3. The normalized spacial score (nSPS) is 11.1. The number of benzene rings is 1. The average Bonchev–Trinajstić information content (AvgIpc) is 2.72. The van der Waals surface area contributed by atoms with Crippen molar-refractivity contribution in [2.75, 3.05) is 6.54 Å². The van der Waals surface area contributed by atoms with Crippen LogP contribution in [0.3, 0.4) is 0 Å². The number of H-pyrrole nitrogens is 1. The Morgan fingerprint density at radius 2 is 2.11 bits per heavy atom. The van der Waals surface area contributed by atoms with E-state index >= 15 is 0 Å². The largest absolute Gasteiger partial charge is 0.310 e. The summed E-state index contributed by atoms with van der Waals surface area (Å²) in [6, 6.07) is 9.48. The zero-order chi connectivity index (χ0) is 13.7. The minimum Gasteiger partial charge on any atom is -0.310 e. The van der Waals surface area contributed by atoms with Crippen LogP contribution in [-0.4, -0.2) is 22.5 Å². The molecule has 0 fully saturated rings. The molecule has 100 valence electrons. The topological polar surface area (TPSA) is 62.2 Å². The number of hydrazone groups is 1. The van der Waals surface area contributed by atoms with Crippen molar-refractivity contribution in [2.45, 2.75) is 20.3 Å². The van der Waals surface area contributed by atoms with Gasteiger partial charge in [0.25, 0.3) is 5.56 Å². The first kappa shape index (κ1) is 13.1. The van der Waals surface area contributed by atoms with Crippen LogP contribution in [0.4, 0.5) is 0 Å². The Bertz CT molecular complexity index is 610. The number of nitrogens with one attached hydrogen (secondary N) is 2. The predicted molar refractivity (Wildman–Crippen MR) is 77.0 cm³/mol. The van der Waals surface area contributed by atoms with Crippen LogP contribution in [0.25, 0.3) is 5.69 Å². The van der Waals surface area contributed by atoms with Crippen molar-refractivity contribution in [1.29, 1.82) is 0 Å². The quantitative estimate of drug-likeness (QED) is 0.488. The van der Waals surface area contributed by atoms with Crippen LogP contribution >= 0.6 is 0 Å². The van der Waals surface area contributed by atoms with Gasteiger partial charge in [-0.1, -0.05) is 25.1 Å². The lowest BCUT2D eigenvalue weighted by atomic mass is 10.3. The summed E-state index contributed by atoms with van der Waals surface area (Å²) in [5, 5.41) is 7.11. The first-order valence-electron chi connectivity index (χ1n) is 6.37. The van der Waals surface area contributed by atoms with Crippen LogP contribution < -0.4 is 11.0 Å². The van der Waals surface area contributed by atoms with Crippen molar-refractivity contribution in [1.82, 2.24) is 15.2 Å². The summed E-state index contributed by atoms with van der Waals surface area (Å²) in [5.41, 5.74) is 5.00. The van der Waals surface area contributed by atoms with Gasteiger partial charge in [0, 0.05) is 12.2 Å². The molecule has 0 saturated carbocycles. The van der Waals surface area contributed by atoms with E-state index in [-0.39, 0.29) is 5.56 Å². The lowest BCUT2D eigenvalue weighted by molar-refractivity contribution is 0.719. The Kier molecular flexibility index (Phi) is 4.18. The van der Waals surface area contributed by atoms with Crippen LogP contribution in [0.15, 0.2) is 40.2 Å². The van der Waals surface area contributed by atoms with Crippen molar-refractivity contribution >= 4 is 6.21 Å². The summed E-state index contributed by atoms with van der Waals surface area (Å²) < 4.78 is 1.52. The lowest BCUT2D eigenvalue weighted by Crippen LogP contribution is -2.17. The van der Waals surface area contributed by atoms with Crippen molar-refractivity contribution in [2.24, 2.45) is 5.10 Å². The molecule has 0 saturated heterocycles. The number of rotatable bonds is 5. The highest BCUT2D eigenvalue weighted by Gasteiger charge is 2.09. The molecule has 0 unspecified atom stereocenters. The van der Waals surface area contributed by atoms with Crippen molar-refractivity contribution < 1.29 is 0 Å². The van der Waals surface area contributed by atoms with E-state index in [2.05, 4.69) is 22.5 Å². The third kappa shape index (κ3) is 2.93. The lowest BCUT2D eigenvalue weighted by Gasteiger charge is -1.99. The zero-order valence-electron chi connectivity index (χ0n) is 11.2. The molecule has 0 aliphatic carbocycles. The first-order chi connectivity index (χ1) is 9.24. The Hall–Kier alpha value is -2.30. The van der Waals surface area contributed by atoms with Gasteiger partial charge in [-0.3, -0.25) is 9.89 Å². The molecule has 19 heavy (non-hydrogen) atoms. The monoisotopic (exact) mass is 258 g/mol. The van der Waals surface area contributed by atoms with Gasteiger partial charge in [-0.15, -0.1) is 0 Å². The van der Waals surface area contributed by atoms with E-state index in [0.29, 0.717) is 5.56 Å². The van der Waals surface area contributed by atoms with E-state index in [9.17, 15) is 4.79 Å². The molecule has 5 nitrogen and oxygen atoms in total. The summed E-state index contributed by atoms with van der Waals surface area (Å²) in [6.07, 6.45) is 2.57. The van der Waals surface area contributed by atoms with Gasteiger partial charge in [0.1, 0.15) is 0 Å². The number of para-hydroxylation sites is 1. The third-order valence-electron chi connectivity index (χ3n) is 2.78. The van der Waals surface area contributed by atoms with Crippen molar-refractivity contribution in [3.05, 3.63) is 51.9 Å². The van der Waals surface area contributed by atoms with E-state index < -0.39 is 0 Å². The molecule has 2 rings (SSSR count). The Labute approximate surface area is 111 Å². The summed E-state index contributed by atoms with van der Waals surface area (Å²) in [5.74, 6) is 0. The van der Waals surface area contributed by atoms with Gasteiger partial charge >= 0.3 is 0 Å². The second-order valence-corrected chi connectivity index (χ2v) is 4.29. The maximum atomic E-state index is 12.3. The van der Waals surface area contributed by atoms with E-state index in [1.165, 1.54) is 4.68 Å². The molecule has 1 aromatic heterocycles. The van der Waals surface area contributed by atoms with Gasteiger partial charge in [-0.2, -0.15) is 5.10 Å².